The van der Waals surface area contributed by atoms with Crippen LogP contribution < -0.4 is 0 Å². The zero-order chi connectivity index (χ0) is 11.3. The molecule has 15 heavy (non-hydrogen) atoms. The lowest BCUT2D eigenvalue weighted by atomic mass is 9.98. The molecule has 0 aliphatic rings. The number of aliphatic hydroxyl groups is 2. The summed E-state index contributed by atoms with van der Waals surface area (Å²) in [6.45, 7) is 0. The molecule has 3 nitrogen and oxygen atoms in total. The van der Waals surface area contributed by atoms with Gasteiger partial charge in [0.15, 0.2) is 0 Å². The Balaban J connectivity index is 2.91. The number of thiol groups is 1. The van der Waals surface area contributed by atoms with Crippen LogP contribution in [0.2, 0.25) is 0 Å². The van der Waals surface area contributed by atoms with Crippen LogP contribution in [0.5, 0.6) is 0 Å². The minimum absolute atomic E-state index is 0.392. The normalized spacial score (nSPS) is 14.3. The fourth-order valence-corrected chi connectivity index (χ4v) is 1.62. The van der Waals surface area contributed by atoms with E-state index in [1.807, 2.05) is 6.07 Å². The van der Waals surface area contributed by atoms with Crippen LogP contribution in [0, 0.1) is 11.3 Å². The number of hydrogen-bond donors (Lipinski definition) is 3. The first kappa shape index (κ1) is 12.1. The van der Waals surface area contributed by atoms with Gasteiger partial charge in [-0.3, -0.25) is 0 Å². The van der Waals surface area contributed by atoms with E-state index in [1.165, 1.54) is 0 Å². The van der Waals surface area contributed by atoms with Gasteiger partial charge >= 0.3 is 0 Å². The van der Waals surface area contributed by atoms with Crippen molar-refractivity contribution >= 4 is 12.6 Å². The fourth-order valence-electron chi connectivity index (χ4n) is 1.35. The molecule has 0 amide bonds. The molecule has 1 aromatic rings. The highest BCUT2D eigenvalue weighted by atomic mass is 32.1. The average molecular weight is 223 g/mol. The quantitative estimate of drug-likeness (QED) is 0.674. The maximum absolute atomic E-state index is 9.80. The van der Waals surface area contributed by atoms with Gasteiger partial charge in [-0.25, -0.2) is 0 Å². The van der Waals surface area contributed by atoms with E-state index in [9.17, 15) is 10.2 Å². The lowest BCUT2D eigenvalue weighted by Crippen LogP contribution is -2.19. The minimum atomic E-state index is -1.02. The van der Waals surface area contributed by atoms with E-state index in [0.29, 0.717) is 23.3 Å². The summed E-state index contributed by atoms with van der Waals surface area (Å²) in [5.41, 5.74) is 0.859. The zero-order valence-corrected chi connectivity index (χ0v) is 9.06. The second kappa shape index (κ2) is 5.76. The highest BCUT2D eigenvalue weighted by Gasteiger charge is 2.19. The maximum atomic E-state index is 9.80. The van der Waals surface area contributed by atoms with E-state index in [1.54, 1.807) is 24.3 Å². The van der Waals surface area contributed by atoms with Crippen LogP contribution in [-0.2, 0) is 0 Å². The molecule has 0 bridgehead atoms. The fraction of sp³-hybridized carbons (Fsp3) is 0.364. The molecule has 0 spiro atoms. The van der Waals surface area contributed by atoms with E-state index in [2.05, 4.69) is 12.6 Å². The van der Waals surface area contributed by atoms with Crippen molar-refractivity contribution in [1.29, 1.82) is 5.26 Å². The first-order chi connectivity index (χ1) is 7.20. The van der Waals surface area contributed by atoms with E-state index >= 15 is 0 Å². The van der Waals surface area contributed by atoms with E-state index in [-0.39, 0.29) is 0 Å². The number of nitriles is 1. The predicted molar refractivity (Wildman–Crippen MR) is 60.6 cm³/mol. The summed E-state index contributed by atoms with van der Waals surface area (Å²) >= 11 is 3.98. The Hall–Kier alpha value is -1.02. The molecule has 0 heterocycles. The van der Waals surface area contributed by atoms with Gasteiger partial charge in [0.05, 0.1) is 17.7 Å². The molecule has 0 saturated carbocycles. The second-order valence-electron chi connectivity index (χ2n) is 3.22. The Morgan fingerprint density at radius 1 is 1.33 bits per heavy atom. The summed E-state index contributed by atoms with van der Waals surface area (Å²) in [5.74, 6) is 0.493. The van der Waals surface area contributed by atoms with Gasteiger partial charge in [0.1, 0.15) is 6.10 Å². The van der Waals surface area contributed by atoms with E-state index in [0.717, 1.165) is 0 Å². The average Bonchev–Trinajstić information content (AvgIpc) is 2.28. The van der Waals surface area contributed by atoms with Crippen LogP contribution in [-0.4, -0.2) is 22.1 Å². The molecular formula is C11H13NO2S. The summed E-state index contributed by atoms with van der Waals surface area (Å²) in [6.07, 6.45) is -1.51. The standard InChI is InChI=1S/C11H13NO2S/c12-7-8-3-1-2-4-9(8)11(14)10(13)5-6-15/h1-4,10-11,13-15H,5-6H2. The molecule has 2 atom stereocenters. The van der Waals surface area contributed by atoms with Crippen LogP contribution in [0.4, 0.5) is 0 Å². The van der Waals surface area contributed by atoms with Crippen molar-refractivity contribution in [2.75, 3.05) is 5.75 Å². The number of nitrogens with zero attached hydrogens (tertiary/aromatic N) is 1. The smallest absolute Gasteiger partial charge is 0.106 e. The highest BCUT2D eigenvalue weighted by molar-refractivity contribution is 7.80. The van der Waals surface area contributed by atoms with Gasteiger partial charge in [0.25, 0.3) is 0 Å². The number of hydrogen-bond acceptors (Lipinski definition) is 4. The highest BCUT2D eigenvalue weighted by Crippen LogP contribution is 2.22. The molecule has 1 aromatic carbocycles. The van der Waals surface area contributed by atoms with Crippen molar-refractivity contribution in [3.05, 3.63) is 35.4 Å². The second-order valence-corrected chi connectivity index (χ2v) is 3.67. The zero-order valence-electron chi connectivity index (χ0n) is 8.17. The van der Waals surface area contributed by atoms with Crippen molar-refractivity contribution in [3.63, 3.8) is 0 Å². The Bertz CT molecular complexity index is 362. The molecule has 0 aliphatic heterocycles. The number of aliphatic hydroxyl groups excluding tert-OH is 2. The van der Waals surface area contributed by atoms with Crippen molar-refractivity contribution in [2.45, 2.75) is 18.6 Å². The molecule has 0 radical (unpaired) electrons. The SMILES string of the molecule is N#Cc1ccccc1C(O)C(O)CCS. The number of benzene rings is 1. The molecule has 1 rings (SSSR count). The van der Waals surface area contributed by atoms with Gasteiger partial charge in [0.2, 0.25) is 0 Å². The summed E-state index contributed by atoms with van der Waals surface area (Å²) in [6, 6.07) is 8.70. The number of rotatable bonds is 4. The monoisotopic (exact) mass is 223 g/mol. The van der Waals surface area contributed by atoms with Crippen molar-refractivity contribution in [3.8, 4) is 6.07 Å². The predicted octanol–water partition coefficient (Wildman–Crippen LogP) is 1.27. The minimum Gasteiger partial charge on any atom is -0.390 e. The van der Waals surface area contributed by atoms with Crippen LogP contribution >= 0.6 is 12.6 Å². The first-order valence-electron chi connectivity index (χ1n) is 4.66. The summed E-state index contributed by atoms with van der Waals surface area (Å²) < 4.78 is 0. The van der Waals surface area contributed by atoms with Gasteiger partial charge in [-0.15, -0.1) is 0 Å². The van der Waals surface area contributed by atoms with Crippen molar-refractivity contribution < 1.29 is 10.2 Å². The first-order valence-corrected chi connectivity index (χ1v) is 5.30. The molecule has 2 N–H and O–H groups in total. The topological polar surface area (TPSA) is 64.2 Å². The van der Waals surface area contributed by atoms with Crippen molar-refractivity contribution in [1.82, 2.24) is 0 Å². The lowest BCUT2D eigenvalue weighted by molar-refractivity contribution is 0.0171. The third kappa shape index (κ3) is 2.96. The molecular weight excluding hydrogens is 210 g/mol. The third-order valence-corrected chi connectivity index (χ3v) is 2.45. The summed E-state index contributed by atoms with van der Waals surface area (Å²) in [4.78, 5) is 0. The Kier molecular flexibility index (Phi) is 4.63. The van der Waals surface area contributed by atoms with Gasteiger partial charge in [-0.1, -0.05) is 18.2 Å². The van der Waals surface area contributed by atoms with Crippen LogP contribution in [0.3, 0.4) is 0 Å². The van der Waals surface area contributed by atoms with Crippen LogP contribution in [0.25, 0.3) is 0 Å². The lowest BCUT2D eigenvalue weighted by Gasteiger charge is -2.18. The molecule has 2 unspecified atom stereocenters. The Labute approximate surface area is 94.4 Å². The van der Waals surface area contributed by atoms with Gasteiger partial charge < -0.3 is 10.2 Å². The summed E-state index contributed by atoms with van der Waals surface area (Å²) in [7, 11) is 0. The van der Waals surface area contributed by atoms with Crippen LogP contribution in [0.1, 0.15) is 23.7 Å². The molecule has 4 heteroatoms. The molecule has 0 fully saturated rings. The summed E-state index contributed by atoms with van der Waals surface area (Å²) in [5, 5.41) is 28.2. The third-order valence-electron chi connectivity index (χ3n) is 2.19. The van der Waals surface area contributed by atoms with Crippen molar-refractivity contribution in [2.24, 2.45) is 0 Å². The van der Waals surface area contributed by atoms with Gasteiger partial charge in [-0.05, 0) is 18.2 Å². The van der Waals surface area contributed by atoms with Gasteiger partial charge in [-0.2, -0.15) is 17.9 Å². The molecule has 0 aromatic heterocycles. The van der Waals surface area contributed by atoms with E-state index in [4.69, 9.17) is 5.26 Å². The Morgan fingerprint density at radius 3 is 2.60 bits per heavy atom. The molecule has 0 saturated heterocycles. The molecule has 0 aliphatic carbocycles. The molecule has 80 valence electrons. The largest absolute Gasteiger partial charge is 0.390 e. The van der Waals surface area contributed by atoms with Crippen LogP contribution in [0.15, 0.2) is 24.3 Å². The van der Waals surface area contributed by atoms with Gasteiger partial charge in [0, 0.05) is 5.56 Å². The maximum Gasteiger partial charge on any atom is 0.106 e. The Morgan fingerprint density at radius 2 is 2.00 bits per heavy atom. The van der Waals surface area contributed by atoms with E-state index < -0.39 is 12.2 Å².